The van der Waals surface area contributed by atoms with Crippen molar-refractivity contribution in [2.75, 3.05) is 0 Å². The second-order valence-corrected chi connectivity index (χ2v) is 11.0. The Bertz CT molecular complexity index is 1320. The highest BCUT2D eigenvalue weighted by Crippen LogP contribution is 2.30. The fraction of sp³-hybridized carbons (Fsp3) is 0.400. The average molecular weight is 506 g/mol. The molecule has 0 atom stereocenters. The first-order valence-corrected chi connectivity index (χ1v) is 14.4. The van der Waals surface area contributed by atoms with Crippen molar-refractivity contribution in [3.8, 4) is 34.2 Å². The van der Waals surface area contributed by atoms with Gasteiger partial charge in [-0.2, -0.15) is 0 Å². The third kappa shape index (κ3) is 6.95. The smallest absolute Gasteiger partial charge is 0.164 e. The normalized spacial score (nSPS) is 11.2. The number of hydrogen-bond acceptors (Lipinski definition) is 3. The molecule has 3 heteroatoms. The van der Waals surface area contributed by atoms with Gasteiger partial charge in [-0.25, -0.2) is 15.0 Å². The lowest BCUT2D eigenvalue weighted by molar-refractivity contribution is 0.589. The first-order valence-electron chi connectivity index (χ1n) is 14.4. The number of hydrogen-bond donors (Lipinski definition) is 0. The summed E-state index contributed by atoms with van der Waals surface area (Å²) in [6.07, 6.45) is 10.5. The lowest BCUT2D eigenvalue weighted by atomic mass is 9.99. The van der Waals surface area contributed by atoms with Crippen molar-refractivity contribution in [1.82, 2.24) is 15.0 Å². The molecule has 0 N–H and O–H groups in total. The predicted molar refractivity (Wildman–Crippen MR) is 162 cm³/mol. The molecular weight excluding hydrogens is 462 g/mol. The summed E-state index contributed by atoms with van der Waals surface area (Å²) in [6.45, 7) is 13.0. The standard InChI is InChI=1S/C35H43N3/c1-7-8-9-10-11-12-13-14-29-17-20-32(28(6)23-29)35-37-33(30-18-15-24(2)21-26(30)4)36-34(38-35)31-19-16-25(3)22-27(31)5/h15-23H,7-14H2,1-6H3. The van der Waals surface area contributed by atoms with Crippen molar-refractivity contribution >= 4 is 0 Å². The van der Waals surface area contributed by atoms with Crippen LogP contribution in [0.4, 0.5) is 0 Å². The Morgan fingerprint density at radius 1 is 0.474 bits per heavy atom. The molecule has 0 saturated carbocycles. The second kappa shape index (κ2) is 13.0. The quantitative estimate of drug-likeness (QED) is 0.190. The van der Waals surface area contributed by atoms with Crippen LogP contribution < -0.4 is 0 Å². The first kappa shape index (κ1) is 27.7. The van der Waals surface area contributed by atoms with Crippen LogP contribution in [-0.4, -0.2) is 15.0 Å². The van der Waals surface area contributed by atoms with Gasteiger partial charge in [-0.1, -0.05) is 111 Å². The van der Waals surface area contributed by atoms with Crippen molar-refractivity contribution in [2.24, 2.45) is 0 Å². The van der Waals surface area contributed by atoms with E-state index in [0.717, 1.165) is 40.6 Å². The van der Waals surface area contributed by atoms with Crippen LogP contribution in [0.2, 0.25) is 0 Å². The third-order valence-corrected chi connectivity index (χ3v) is 7.48. The Balaban J connectivity index is 1.65. The molecule has 0 bridgehead atoms. The zero-order valence-electron chi connectivity index (χ0n) is 24.2. The van der Waals surface area contributed by atoms with E-state index in [4.69, 9.17) is 15.0 Å². The van der Waals surface area contributed by atoms with Crippen LogP contribution in [0.1, 0.15) is 85.3 Å². The number of unbranched alkanes of at least 4 members (excludes halogenated alkanes) is 6. The van der Waals surface area contributed by atoms with Gasteiger partial charge in [0, 0.05) is 16.7 Å². The molecule has 0 aliphatic rings. The summed E-state index contributed by atoms with van der Waals surface area (Å²) in [6, 6.07) is 19.7. The fourth-order valence-corrected chi connectivity index (χ4v) is 5.28. The van der Waals surface area contributed by atoms with E-state index in [1.165, 1.54) is 78.3 Å². The molecule has 0 radical (unpaired) electrons. The van der Waals surface area contributed by atoms with Crippen LogP contribution in [0.15, 0.2) is 54.6 Å². The summed E-state index contributed by atoms with van der Waals surface area (Å²) in [5.74, 6) is 2.20. The molecule has 3 nitrogen and oxygen atoms in total. The van der Waals surface area contributed by atoms with Crippen LogP contribution in [0.3, 0.4) is 0 Å². The molecule has 0 fully saturated rings. The van der Waals surface area contributed by atoms with Crippen molar-refractivity contribution < 1.29 is 0 Å². The maximum absolute atomic E-state index is 5.02. The molecule has 1 aromatic heterocycles. The number of nitrogens with zero attached hydrogens (tertiary/aromatic N) is 3. The second-order valence-electron chi connectivity index (χ2n) is 11.0. The number of aromatic nitrogens is 3. The van der Waals surface area contributed by atoms with Gasteiger partial charge >= 0.3 is 0 Å². The largest absolute Gasteiger partial charge is 0.208 e. The Morgan fingerprint density at radius 2 is 0.895 bits per heavy atom. The number of benzene rings is 3. The zero-order valence-corrected chi connectivity index (χ0v) is 24.2. The van der Waals surface area contributed by atoms with E-state index < -0.39 is 0 Å². The molecule has 38 heavy (non-hydrogen) atoms. The summed E-state index contributed by atoms with van der Waals surface area (Å²) in [4.78, 5) is 15.0. The molecule has 0 saturated heterocycles. The molecule has 1 heterocycles. The number of rotatable bonds is 11. The molecule has 0 amide bonds. The summed E-state index contributed by atoms with van der Waals surface area (Å²) >= 11 is 0. The Hall–Kier alpha value is -3.33. The first-order chi connectivity index (χ1) is 18.4. The molecule has 0 spiro atoms. The van der Waals surface area contributed by atoms with Gasteiger partial charge in [0.25, 0.3) is 0 Å². The molecule has 0 aliphatic heterocycles. The van der Waals surface area contributed by atoms with Gasteiger partial charge in [-0.05, 0) is 69.7 Å². The minimum absolute atomic E-state index is 0.731. The summed E-state index contributed by atoms with van der Waals surface area (Å²) in [5, 5.41) is 0. The van der Waals surface area contributed by atoms with Gasteiger partial charge < -0.3 is 0 Å². The summed E-state index contributed by atoms with van der Waals surface area (Å²) in [7, 11) is 0. The topological polar surface area (TPSA) is 38.7 Å². The molecule has 198 valence electrons. The van der Waals surface area contributed by atoms with Crippen LogP contribution in [-0.2, 0) is 6.42 Å². The molecular formula is C35H43N3. The lowest BCUT2D eigenvalue weighted by Crippen LogP contribution is -2.03. The number of aryl methyl sites for hydroxylation is 6. The van der Waals surface area contributed by atoms with Gasteiger partial charge in [0.2, 0.25) is 0 Å². The maximum atomic E-state index is 5.02. The van der Waals surface area contributed by atoms with Gasteiger partial charge in [0.1, 0.15) is 0 Å². The molecule has 0 aliphatic carbocycles. The van der Waals surface area contributed by atoms with Gasteiger partial charge in [0.15, 0.2) is 17.5 Å². The Kier molecular flexibility index (Phi) is 9.44. The summed E-state index contributed by atoms with van der Waals surface area (Å²) in [5.41, 5.74) is 10.6. The summed E-state index contributed by atoms with van der Waals surface area (Å²) < 4.78 is 0. The van der Waals surface area contributed by atoms with Gasteiger partial charge in [-0.15, -0.1) is 0 Å². The van der Waals surface area contributed by atoms with Crippen molar-refractivity contribution in [2.45, 2.75) is 92.9 Å². The highest BCUT2D eigenvalue weighted by atomic mass is 15.0. The fourth-order valence-electron chi connectivity index (χ4n) is 5.28. The predicted octanol–water partition coefficient (Wildman–Crippen LogP) is 9.71. The van der Waals surface area contributed by atoms with E-state index in [2.05, 4.69) is 96.1 Å². The van der Waals surface area contributed by atoms with Crippen molar-refractivity contribution in [3.63, 3.8) is 0 Å². The van der Waals surface area contributed by atoms with E-state index in [1.807, 2.05) is 0 Å². The van der Waals surface area contributed by atoms with E-state index >= 15 is 0 Å². The zero-order chi connectivity index (χ0) is 27.1. The third-order valence-electron chi connectivity index (χ3n) is 7.48. The van der Waals surface area contributed by atoms with Crippen LogP contribution in [0.25, 0.3) is 34.2 Å². The highest BCUT2D eigenvalue weighted by Gasteiger charge is 2.16. The lowest BCUT2D eigenvalue weighted by Gasteiger charge is -2.13. The molecule has 0 unspecified atom stereocenters. The maximum Gasteiger partial charge on any atom is 0.164 e. The van der Waals surface area contributed by atoms with E-state index in [-0.39, 0.29) is 0 Å². The highest BCUT2D eigenvalue weighted by molar-refractivity contribution is 5.71. The van der Waals surface area contributed by atoms with Crippen LogP contribution in [0, 0.1) is 34.6 Å². The Morgan fingerprint density at radius 3 is 1.34 bits per heavy atom. The van der Waals surface area contributed by atoms with E-state index in [0.29, 0.717) is 0 Å². The SMILES string of the molecule is CCCCCCCCCc1ccc(-c2nc(-c3ccc(C)cc3C)nc(-c3ccc(C)cc3C)n2)c(C)c1. The Labute approximate surface area is 229 Å². The molecule has 4 aromatic rings. The van der Waals surface area contributed by atoms with Gasteiger partial charge in [0.05, 0.1) is 0 Å². The van der Waals surface area contributed by atoms with Crippen molar-refractivity contribution in [3.05, 3.63) is 88.0 Å². The monoisotopic (exact) mass is 505 g/mol. The van der Waals surface area contributed by atoms with Crippen LogP contribution in [0.5, 0.6) is 0 Å². The van der Waals surface area contributed by atoms with Crippen molar-refractivity contribution in [1.29, 1.82) is 0 Å². The van der Waals surface area contributed by atoms with E-state index in [1.54, 1.807) is 0 Å². The van der Waals surface area contributed by atoms with Crippen LogP contribution >= 0.6 is 0 Å². The minimum Gasteiger partial charge on any atom is -0.208 e. The molecule has 4 rings (SSSR count). The average Bonchev–Trinajstić information content (AvgIpc) is 2.88. The minimum atomic E-state index is 0.731. The molecule has 3 aromatic carbocycles. The van der Waals surface area contributed by atoms with E-state index in [9.17, 15) is 0 Å². The van der Waals surface area contributed by atoms with Gasteiger partial charge in [-0.3, -0.25) is 0 Å².